The molecule has 0 saturated carbocycles. The molecule has 0 unspecified atom stereocenters. The second kappa shape index (κ2) is 8.06. The lowest BCUT2D eigenvalue weighted by Gasteiger charge is -2.22. The van der Waals surface area contributed by atoms with Crippen LogP contribution in [0.4, 0.5) is 4.39 Å². The lowest BCUT2D eigenvalue weighted by molar-refractivity contribution is 0.305. The van der Waals surface area contributed by atoms with Crippen molar-refractivity contribution in [3.05, 3.63) is 65.5 Å². The molecule has 1 aromatic carbocycles. The molecule has 3 aromatic rings. The number of benzene rings is 1. The summed E-state index contributed by atoms with van der Waals surface area (Å²) in [5.41, 5.74) is 2.67. The number of pyridine rings is 1. The topological polar surface area (TPSA) is 52.0 Å². The summed E-state index contributed by atoms with van der Waals surface area (Å²) in [6.07, 6.45) is 9.54. The fraction of sp³-hybridized carbons (Fsp3) is 0.300. The first kappa shape index (κ1) is 17.9. The van der Waals surface area contributed by atoms with Gasteiger partial charge in [-0.1, -0.05) is 17.7 Å². The zero-order valence-corrected chi connectivity index (χ0v) is 15.5. The molecule has 0 aliphatic carbocycles. The van der Waals surface area contributed by atoms with Gasteiger partial charge in [-0.25, -0.2) is 4.39 Å². The van der Waals surface area contributed by atoms with Gasteiger partial charge in [0.15, 0.2) is 0 Å². The van der Waals surface area contributed by atoms with Crippen LogP contribution in [0, 0.1) is 5.82 Å². The molecule has 0 bridgehead atoms. The molecule has 1 N–H and O–H groups in total. The summed E-state index contributed by atoms with van der Waals surface area (Å²) >= 11 is 6.05. The van der Waals surface area contributed by atoms with Crippen LogP contribution in [0.5, 0.6) is 5.75 Å². The Labute approximate surface area is 162 Å². The summed E-state index contributed by atoms with van der Waals surface area (Å²) in [4.78, 5) is 4.27. The molecular weight excluding hydrogens is 367 g/mol. The second-order valence-electron chi connectivity index (χ2n) is 6.62. The second-order valence-corrected chi connectivity index (χ2v) is 7.03. The van der Waals surface area contributed by atoms with Crippen molar-refractivity contribution in [3.63, 3.8) is 0 Å². The molecule has 3 heterocycles. The van der Waals surface area contributed by atoms with Gasteiger partial charge in [0.25, 0.3) is 0 Å². The third-order valence-electron chi connectivity index (χ3n) is 4.74. The van der Waals surface area contributed by atoms with Gasteiger partial charge < -0.3 is 10.1 Å². The van der Waals surface area contributed by atoms with Gasteiger partial charge >= 0.3 is 0 Å². The first-order valence-electron chi connectivity index (χ1n) is 8.96. The number of nitrogens with one attached hydrogen (secondary N) is 1. The molecule has 1 saturated heterocycles. The van der Waals surface area contributed by atoms with Gasteiger partial charge in [0.2, 0.25) is 0 Å². The molecule has 0 amide bonds. The predicted octanol–water partition coefficient (Wildman–Crippen LogP) is 4.24. The largest absolute Gasteiger partial charge is 0.487 e. The van der Waals surface area contributed by atoms with Crippen LogP contribution in [0.3, 0.4) is 0 Å². The average Bonchev–Trinajstić information content (AvgIpc) is 3.19. The fourth-order valence-corrected chi connectivity index (χ4v) is 3.44. The van der Waals surface area contributed by atoms with Crippen molar-refractivity contribution >= 4 is 11.6 Å². The molecule has 4 rings (SSSR count). The van der Waals surface area contributed by atoms with E-state index < -0.39 is 0 Å². The van der Waals surface area contributed by atoms with Gasteiger partial charge in [-0.05, 0) is 44.1 Å². The third-order valence-corrected chi connectivity index (χ3v) is 5.09. The maximum atomic E-state index is 13.1. The van der Waals surface area contributed by atoms with Gasteiger partial charge in [-0.3, -0.25) is 9.67 Å². The fourth-order valence-electron chi connectivity index (χ4n) is 3.21. The zero-order valence-electron chi connectivity index (χ0n) is 14.7. The van der Waals surface area contributed by atoms with E-state index in [9.17, 15) is 4.39 Å². The van der Waals surface area contributed by atoms with Crippen LogP contribution in [-0.4, -0.2) is 27.9 Å². The molecule has 5 nitrogen and oxygen atoms in total. The summed E-state index contributed by atoms with van der Waals surface area (Å²) in [7, 11) is 0. The maximum absolute atomic E-state index is 13.1. The number of hydrogen-bond donors (Lipinski definition) is 1. The lowest BCUT2D eigenvalue weighted by atomic mass is 10.1. The van der Waals surface area contributed by atoms with Crippen LogP contribution in [0.25, 0.3) is 11.1 Å². The number of halogens is 2. The van der Waals surface area contributed by atoms with Crippen molar-refractivity contribution in [3.8, 4) is 16.9 Å². The van der Waals surface area contributed by atoms with Crippen LogP contribution < -0.4 is 10.1 Å². The Morgan fingerprint density at radius 1 is 1.15 bits per heavy atom. The monoisotopic (exact) mass is 386 g/mol. The average molecular weight is 387 g/mol. The van der Waals surface area contributed by atoms with E-state index in [-0.39, 0.29) is 12.4 Å². The van der Waals surface area contributed by atoms with Gasteiger partial charge in [0.1, 0.15) is 18.2 Å². The van der Waals surface area contributed by atoms with Crippen molar-refractivity contribution in [2.75, 3.05) is 13.1 Å². The van der Waals surface area contributed by atoms with Crippen LogP contribution >= 0.6 is 11.6 Å². The van der Waals surface area contributed by atoms with E-state index in [4.69, 9.17) is 16.3 Å². The molecule has 27 heavy (non-hydrogen) atoms. The Kier molecular flexibility index (Phi) is 5.36. The molecule has 1 fully saturated rings. The van der Waals surface area contributed by atoms with Crippen molar-refractivity contribution < 1.29 is 9.13 Å². The first-order chi connectivity index (χ1) is 13.2. The smallest absolute Gasteiger partial charge is 0.138 e. The van der Waals surface area contributed by atoms with E-state index in [0.717, 1.165) is 42.6 Å². The quantitative estimate of drug-likeness (QED) is 0.712. The summed E-state index contributed by atoms with van der Waals surface area (Å²) < 4.78 is 21.0. The Morgan fingerprint density at radius 3 is 2.81 bits per heavy atom. The van der Waals surface area contributed by atoms with E-state index in [2.05, 4.69) is 21.6 Å². The van der Waals surface area contributed by atoms with E-state index in [1.165, 1.54) is 12.1 Å². The summed E-state index contributed by atoms with van der Waals surface area (Å²) in [5, 5.41) is 8.24. The summed E-state index contributed by atoms with van der Waals surface area (Å²) in [6.45, 7) is 2.30. The van der Waals surface area contributed by atoms with E-state index in [0.29, 0.717) is 16.8 Å². The minimum absolute atomic E-state index is 0.249. The minimum atomic E-state index is -0.363. The molecule has 0 radical (unpaired) electrons. The SMILES string of the molecule is Fc1ccc(COc2cncc(-c3cnn(C4CCNCC4)c3)c2)c(Cl)c1. The maximum Gasteiger partial charge on any atom is 0.138 e. The molecule has 1 aliphatic rings. The number of hydrogen-bond acceptors (Lipinski definition) is 4. The Morgan fingerprint density at radius 2 is 2.00 bits per heavy atom. The Hall–Kier alpha value is -2.44. The number of nitrogens with zero attached hydrogens (tertiary/aromatic N) is 3. The minimum Gasteiger partial charge on any atom is -0.487 e. The molecular formula is C20H20ClFN4O. The number of ether oxygens (including phenoxy) is 1. The molecule has 2 aromatic heterocycles. The number of rotatable bonds is 5. The van der Waals surface area contributed by atoms with Gasteiger partial charge in [0, 0.05) is 29.1 Å². The highest BCUT2D eigenvalue weighted by Gasteiger charge is 2.16. The van der Waals surface area contributed by atoms with Crippen LogP contribution in [0.15, 0.2) is 49.1 Å². The van der Waals surface area contributed by atoms with Crippen molar-refractivity contribution in [1.29, 1.82) is 0 Å². The number of piperidine rings is 1. The van der Waals surface area contributed by atoms with E-state index in [1.54, 1.807) is 18.5 Å². The van der Waals surface area contributed by atoms with Crippen LogP contribution in [-0.2, 0) is 6.61 Å². The van der Waals surface area contributed by atoms with Gasteiger partial charge in [0.05, 0.1) is 23.5 Å². The van der Waals surface area contributed by atoms with Gasteiger partial charge in [-0.15, -0.1) is 0 Å². The predicted molar refractivity (Wildman–Crippen MR) is 102 cm³/mol. The third kappa shape index (κ3) is 4.28. The zero-order chi connectivity index (χ0) is 18.6. The highest BCUT2D eigenvalue weighted by atomic mass is 35.5. The van der Waals surface area contributed by atoms with Gasteiger partial charge in [-0.2, -0.15) is 5.10 Å². The van der Waals surface area contributed by atoms with E-state index in [1.807, 2.05) is 16.9 Å². The molecule has 7 heteroatoms. The highest BCUT2D eigenvalue weighted by molar-refractivity contribution is 6.31. The lowest BCUT2D eigenvalue weighted by Crippen LogP contribution is -2.29. The van der Waals surface area contributed by atoms with Crippen molar-refractivity contribution in [2.45, 2.75) is 25.5 Å². The standard InChI is InChI=1S/C20H20ClFN4O/c21-20-8-17(22)2-1-14(20)13-27-19-7-15(9-24-11-19)16-10-25-26(12-16)18-3-5-23-6-4-18/h1-2,7-12,18,23H,3-6,13H2. The molecule has 0 atom stereocenters. The molecule has 140 valence electrons. The van der Waals surface area contributed by atoms with Crippen molar-refractivity contribution in [1.82, 2.24) is 20.1 Å². The Bertz CT molecular complexity index is 924. The van der Waals surface area contributed by atoms with Crippen molar-refractivity contribution in [2.24, 2.45) is 0 Å². The molecule has 0 spiro atoms. The first-order valence-corrected chi connectivity index (χ1v) is 9.34. The number of aromatic nitrogens is 3. The Balaban J connectivity index is 1.46. The van der Waals surface area contributed by atoms with E-state index >= 15 is 0 Å². The summed E-state index contributed by atoms with van der Waals surface area (Å²) in [5.74, 6) is 0.265. The summed E-state index contributed by atoms with van der Waals surface area (Å²) in [6, 6.07) is 6.64. The normalized spacial score (nSPS) is 15.0. The van der Waals surface area contributed by atoms with Crippen LogP contribution in [0.2, 0.25) is 5.02 Å². The van der Waals surface area contributed by atoms with Crippen LogP contribution in [0.1, 0.15) is 24.4 Å². The highest BCUT2D eigenvalue weighted by Crippen LogP contribution is 2.26. The molecule has 1 aliphatic heterocycles.